The molecule has 0 saturated heterocycles. The van der Waals surface area contributed by atoms with Crippen molar-refractivity contribution in [3.63, 3.8) is 0 Å². The SMILES string of the molecule is CN(C)C(=O)N[C@](C#N)(Cc1ccccc1)C(=O)c1ccccc1. The molecule has 2 amide bonds. The number of nitriles is 1. The molecular formula is C19H19N3O2. The van der Waals surface area contributed by atoms with Gasteiger partial charge in [-0.2, -0.15) is 5.26 Å². The number of carbonyl (C=O) groups is 2. The highest BCUT2D eigenvalue weighted by Crippen LogP contribution is 2.20. The summed E-state index contributed by atoms with van der Waals surface area (Å²) in [6.07, 6.45) is 0.0949. The summed E-state index contributed by atoms with van der Waals surface area (Å²) in [6, 6.07) is 19.2. The van der Waals surface area contributed by atoms with Gasteiger partial charge in [-0.3, -0.25) is 4.79 Å². The zero-order valence-corrected chi connectivity index (χ0v) is 13.7. The molecule has 2 aromatic carbocycles. The summed E-state index contributed by atoms with van der Waals surface area (Å²) < 4.78 is 0. The fourth-order valence-corrected chi connectivity index (χ4v) is 2.33. The van der Waals surface area contributed by atoms with Crippen LogP contribution in [0.1, 0.15) is 15.9 Å². The molecule has 5 heteroatoms. The van der Waals surface area contributed by atoms with E-state index >= 15 is 0 Å². The molecule has 0 spiro atoms. The number of benzene rings is 2. The van der Waals surface area contributed by atoms with Crippen LogP contribution in [0.4, 0.5) is 4.79 Å². The van der Waals surface area contributed by atoms with Gasteiger partial charge < -0.3 is 10.2 Å². The van der Waals surface area contributed by atoms with Gasteiger partial charge in [-0.15, -0.1) is 0 Å². The molecule has 0 aliphatic heterocycles. The van der Waals surface area contributed by atoms with Crippen LogP contribution in [0.25, 0.3) is 0 Å². The monoisotopic (exact) mass is 321 g/mol. The van der Waals surface area contributed by atoms with Gasteiger partial charge in [0.25, 0.3) is 0 Å². The predicted octanol–water partition coefficient (Wildman–Crippen LogP) is 2.65. The number of Topliss-reactive ketones (excluding diaryl/α,β-unsaturated/α-hetero) is 1. The van der Waals surface area contributed by atoms with Gasteiger partial charge in [0.05, 0.1) is 6.07 Å². The maximum atomic E-state index is 13.0. The fourth-order valence-electron chi connectivity index (χ4n) is 2.33. The highest BCUT2D eigenvalue weighted by molar-refractivity contribution is 6.07. The highest BCUT2D eigenvalue weighted by Gasteiger charge is 2.41. The second kappa shape index (κ2) is 7.42. The fraction of sp³-hybridized carbons (Fsp3) is 0.211. The van der Waals surface area contributed by atoms with E-state index in [1.165, 1.54) is 4.90 Å². The number of nitrogens with zero attached hydrogens (tertiary/aromatic N) is 2. The van der Waals surface area contributed by atoms with Crippen molar-refractivity contribution in [3.05, 3.63) is 71.8 Å². The molecule has 0 heterocycles. The number of hydrogen-bond acceptors (Lipinski definition) is 3. The Morgan fingerprint density at radius 1 is 1.04 bits per heavy atom. The minimum Gasteiger partial charge on any atom is -0.331 e. The lowest BCUT2D eigenvalue weighted by Crippen LogP contribution is -2.57. The molecule has 24 heavy (non-hydrogen) atoms. The van der Waals surface area contributed by atoms with Crippen molar-refractivity contribution in [1.29, 1.82) is 5.26 Å². The van der Waals surface area contributed by atoms with Gasteiger partial charge >= 0.3 is 6.03 Å². The molecular weight excluding hydrogens is 302 g/mol. The van der Waals surface area contributed by atoms with Crippen LogP contribution in [0.3, 0.4) is 0 Å². The Balaban J connectivity index is 2.44. The molecule has 0 aliphatic rings. The Morgan fingerprint density at radius 2 is 1.58 bits per heavy atom. The first-order valence-electron chi connectivity index (χ1n) is 7.53. The van der Waals surface area contributed by atoms with Crippen LogP contribution in [-0.2, 0) is 6.42 Å². The van der Waals surface area contributed by atoms with Crippen LogP contribution in [-0.4, -0.2) is 36.3 Å². The van der Waals surface area contributed by atoms with Crippen molar-refractivity contribution in [3.8, 4) is 6.07 Å². The Hall–Kier alpha value is -3.13. The predicted molar refractivity (Wildman–Crippen MR) is 91.5 cm³/mol. The summed E-state index contributed by atoms with van der Waals surface area (Å²) in [5.41, 5.74) is -0.485. The van der Waals surface area contributed by atoms with E-state index < -0.39 is 17.4 Å². The zero-order chi connectivity index (χ0) is 17.6. The Bertz CT molecular complexity index is 751. The number of hydrogen-bond donors (Lipinski definition) is 1. The molecule has 122 valence electrons. The van der Waals surface area contributed by atoms with Crippen LogP contribution in [0, 0.1) is 11.3 Å². The number of ketones is 1. The van der Waals surface area contributed by atoms with Gasteiger partial charge in [0.15, 0.2) is 5.54 Å². The van der Waals surface area contributed by atoms with Crippen LogP contribution >= 0.6 is 0 Å². The number of amides is 2. The Labute approximate surface area is 141 Å². The average Bonchev–Trinajstić information content (AvgIpc) is 2.62. The summed E-state index contributed by atoms with van der Waals surface area (Å²) in [6.45, 7) is 0. The molecule has 0 radical (unpaired) electrons. The van der Waals surface area contributed by atoms with E-state index in [4.69, 9.17) is 0 Å². The average molecular weight is 321 g/mol. The van der Waals surface area contributed by atoms with E-state index in [-0.39, 0.29) is 6.42 Å². The maximum absolute atomic E-state index is 13.0. The Kier molecular flexibility index (Phi) is 5.33. The smallest absolute Gasteiger partial charge is 0.318 e. The van der Waals surface area contributed by atoms with Crippen LogP contribution in [0.15, 0.2) is 60.7 Å². The van der Waals surface area contributed by atoms with Crippen LogP contribution < -0.4 is 5.32 Å². The van der Waals surface area contributed by atoms with E-state index in [0.717, 1.165) is 5.56 Å². The molecule has 0 bridgehead atoms. The van der Waals surface area contributed by atoms with Gasteiger partial charge in [0.1, 0.15) is 0 Å². The van der Waals surface area contributed by atoms with Crippen molar-refractivity contribution >= 4 is 11.8 Å². The van der Waals surface area contributed by atoms with Crippen molar-refractivity contribution in [2.75, 3.05) is 14.1 Å². The summed E-state index contributed by atoms with van der Waals surface area (Å²) >= 11 is 0. The normalized spacial score (nSPS) is 12.5. The van der Waals surface area contributed by atoms with Crippen LogP contribution in [0.2, 0.25) is 0 Å². The third-order valence-corrected chi connectivity index (χ3v) is 3.65. The first kappa shape index (κ1) is 17.2. The third-order valence-electron chi connectivity index (χ3n) is 3.65. The first-order valence-corrected chi connectivity index (χ1v) is 7.53. The molecule has 2 aromatic rings. The summed E-state index contributed by atoms with van der Waals surface area (Å²) in [5, 5.41) is 12.4. The van der Waals surface area contributed by atoms with Crippen LogP contribution in [0.5, 0.6) is 0 Å². The van der Waals surface area contributed by atoms with Gasteiger partial charge in [0, 0.05) is 26.1 Å². The minimum absolute atomic E-state index is 0.0949. The summed E-state index contributed by atoms with van der Waals surface area (Å²) in [7, 11) is 3.12. The molecule has 0 aliphatic carbocycles. The second-order valence-corrected chi connectivity index (χ2v) is 5.70. The van der Waals surface area contributed by atoms with Crippen molar-refractivity contribution in [1.82, 2.24) is 10.2 Å². The molecule has 1 atom stereocenters. The quantitative estimate of drug-likeness (QED) is 0.860. The number of rotatable bonds is 5. The lowest BCUT2D eigenvalue weighted by molar-refractivity contribution is 0.0897. The molecule has 0 unspecified atom stereocenters. The van der Waals surface area contributed by atoms with Crippen molar-refractivity contribution < 1.29 is 9.59 Å². The summed E-state index contributed by atoms with van der Waals surface area (Å²) in [5.74, 6) is -0.426. The van der Waals surface area contributed by atoms with E-state index in [1.807, 2.05) is 36.4 Å². The molecule has 0 aromatic heterocycles. The summed E-state index contributed by atoms with van der Waals surface area (Å²) in [4.78, 5) is 26.5. The Morgan fingerprint density at radius 3 is 2.08 bits per heavy atom. The topological polar surface area (TPSA) is 73.2 Å². The van der Waals surface area contributed by atoms with Crippen molar-refractivity contribution in [2.45, 2.75) is 12.0 Å². The van der Waals surface area contributed by atoms with E-state index in [2.05, 4.69) is 5.32 Å². The number of carbonyl (C=O) groups excluding carboxylic acids is 2. The third kappa shape index (κ3) is 3.79. The zero-order valence-electron chi connectivity index (χ0n) is 13.7. The molecule has 1 N–H and O–H groups in total. The number of nitrogens with one attached hydrogen (secondary N) is 1. The lowest BCUT2D eigenvalue weighted by atomic mass is 9.84. The number of urea groups is 1. The largest absolute Gasteiger partial charge is 0.331 e. The maximum Gasteiger partial charge on any atom is 0.318 e. The highest BCUT2D eigenvalue weighted by atomic mass is 16.2. The second-order valence-electron chi connectivity index (χ2n) is 5.70. The molecule has 2 rings (SSSR count). The van der Waals surface area contributed by atoms with Gasteiger partial charge in [0.2, 0.25) is 5.78 Å². The first-order chi connectivity index (χ1) is 11.5. The molecule has 0 fully saturated rings. The minimum atomic E-state index is -1.66. The van der Waals surface area contributed by atoms with Crippen molar-refractivity contribution in [2.24, 2.45) is 0 Å². The van der Waals surface area contributed by atoms with Gasteiger partial charge in [-0.1, -0.05) is 60.7 Å². The van der Waals surface area contributed by atoms with Gasteiger partial charge in [-0.25, -0.2) is 4.79 Å². The van der Waals surface area contributed by atoms with Gasteiger partial charge in [-0.05, 0) is 5.56 Å². The van der Waals surface area contributed by atoms with E-state index in [1.54, 1.807) is 44.4 Å². The molecule has 5 nitrogen and oxygen atoms in total. The standard InChI is InChI=1S/C19H19N3O2/c1-22(2)18(24)21-19(14-20,13-15-9-5-3-6-10-15)17(23)16-11-7-4-8-12-16/h3-12H,13H2,1-2H3,(H,21,24)/t19-/m0/s1. The molecule has 0 saturated carbocycles. The van der Waals surface area contributed by atoms with E-state index in [0.29, 0.717) is 5.56 Å². The lowest BCUT2D eigenvalue weighted by Gasteiger charge is -2.28. The van der Waals surface area contributed by atoms with E-state index in [9.17, 15) is 14.9 Å².